The Morgan fingerprint density at radius 3 is 1.85 bits per heavy atom. The summed E-state index contributed by atoms with van der Waals surface area (Å²) in [4.78, 5) is 0. The molecule has 0 radical (unpaired) electrons. The summed E-state index contributed by atoms with van der Waals surface area (Å²) >= 11 is 0. The Morgan fingerprint density at radius 1 is 0.667 bits per heavy atom. The summed E-state index contributed by atoms with van der Waals surface area (Å²) in [6.07, 6.45) is 15.1. The normalized spacial score (nSPS) is 19.9. The molecule has 1 aliphatic carbocycles. The van der Waals surface area contributed by atoms with Crippen molar-refractivity contribution in [2.45, 2.75) is 90.4 Å². The van der Waals surface area contributed by atoms with Gasteiger partial charge in [0.1, 0.15) is 0 Å². The lowest BCUT2D eigenvalue weighted by Gasteiger charge is -2.29. The lowest BCUT2D eigenvalue weighted by atomic mass is 9.77. The quantitative estimate of drug-likeness (QED) is 0.392. The van der Waals surface area contributed by atoms with Crippen LogP contribution in [0.3, 0.4) is 0 Å². The van der Waals surface area contributed by atoms with Crippen molar-refractivity contribution in [3.63, 3.8) is 0 Å². The molecule has 0 heteroatoms. The molecule has 1 aliphatic rings. The zero-order valence-corrected chi connectivity index (χ0v) is 17.6. The first-order chi connectivity index (χ1) is 13.3. The van der Waals surface area contributed by atoms with Crippen molar-refractivity contribution < 1.29 is 0 Å². The Bertz CT molecular complexity index is 641. The third kappa shape index (κ3) is 5.96. The third-order valence-electron chi connectivity index (χ3n) is 6.55. The molecule has 146 valence electrons. The molecule has 0 atom stereocenters. The fourth-order valence-electron chi connectivity index (χ4n) is 4.66. The van der Waals surface area contributed by atoms with Gasteiger partial charge in [0.15, 0.2) is 0 Å². The largest absolute Gasteiger partial charge is 0.0654 e. The maximum absolute atomic E-state index is 2.39. The molecule has 1 fully saturated rings. The summed E-state index contributed by atoms with van der Waals surface area (Å²) in [5.41, 5.74) is 5.73. The summed E-state index contributed by atoms with van der Waals surface area (Å²) in [5, 5.41) is 0. The summed E-state index contributed by atoms with van der Waals surface area (Å²) in [6, 6.07) is 18.7. The van der Waals surface area contributed by atoms with E-state index in [9.17, 15) is 0 Å². The highest BCUT2D eigenvalue weighted by molar-refractivity contribution is 5.64. The molecule has 2 aromatic carbocycles. The first-order valence-electron chi connectivity index (χ1n) is 11.5. The zero-order valence-electron chi connectivity index (χ0n) is 17.6. The van der Waals surface area contributed by atoms with Crippen molar-refractivity contribution in [2.75, 3.05) is 0 Å². The van der Waals surface area contributed by atoms with E-state index in [1.54, 1.807) is 5.56 Å². The lowest BCUT2D eigenvalue weighted by Crippen LogP contribution is -2.13. The molecular formula is C27H38. The number of rotatable bonds is 9. The molecular weight excluding hydrogens is 324 g/mol. The molecule has 3 rings (SSSR count). The fraction of sp³-hybridized carbons (Fsp3) is 0.556. The van der Waals surface area contributed by atoms with Crippen LogP contribution in [0.25, 0.3) is 11.1 Å². The zero-order chi connectivity index (χ0) is 18.9. The second kappa shape index (κ2) is 10.7. The van der Waals surface area contributed by atoms with E-state index in [0.717, 1.165) is 11.8 Å². The Balaban J connectivity index is 1.53. The van der Waals surface area contributed by atoms with E-state index in [1.807, 2.05) is 0 Å². The minimum Gasteiger partial charge on any atom is -0.0654 e. The van der Waals surface area contributed by atoms with Crippen LogP contribution in [0.15, 0.2) is 48.5 Å². The molecule has 0 bridgehead atoms. The smallest absolute Gasteiger partial charge is 0.0162 e. The lowest BCUT2D eigenvalue weighted by molar-refractivity contribution is 0.303. The van der Waals surface area contributed by atoms with E-state index in [0.29, 0.717) is 0 Å². The Morgan fingerprint density at radius 2 is 1.26 bits per heavy atom. The van der Waals surface area contributed by atoms with Gasteiger partial charge in [-0.2, -0.15) is 0 Å². The van der Waals surface area contributed by atoms with Crippen LogP contribution in [-0.2, 0) is 6.42 Å². The maximum Gasteiger partial charge on any atom is -0.0162 e. The SMILES string of the molecule is CCCCCC1CCC(c2ccc(-c3ccc(CCCC)cc3)cc2)CC1. The first kappa shape index (κ1) is 20.2. The highest BCUT2D eigenvalue weighted by Gasteiger charge is 2.21. The van der Waals surface area contributed by atoms with Gasteiger partial charge >= 0.3 is 0 Å². The van der Waals surface area contributed by atoms with Crippen molar-refractivity contribution in [1.29, 1.82) is 0 Å². The van der Waals surface area contributed by atoms with Gasteiger partial charge < -0.3 is 0 Å². The van der Waals surface area contributed by atoms with Crippen LogP contribution in [-0.4, -0.2) is 0 Å². The molecule has 0 unspecified atom stereocenters. The third-order valence-corrected chi connectivity index (χ3v) is 6.55. The second-order valence-corrected chi connectivity index (χ2v) is 8.64. The number of hydrogen-bond acceptors (Lipinski definition) is 0. The molecule has 1 saturated carbocycles. The minimum absolute atomic E-state index is 0.790. The molecule has 0 saturated heterocycles. The van der Waals surface area contributed by atoms with Gasteiger partial charge in [-0.15, -0.1) is 0 Å². The Kier molecular flexibility index (Phi) is 7.99. The van der Waals surface area contributed by atoms with Gasteiger partial charge in [0, 0.05) is 0 Å². The van der Waals surface area contributed by atoms with Crippen LogP contribution in [0, 0.1) is 5.92 Å². The van der Waals surface area contributed by atoms with Gasteiger partial charge in [0.05, 0.1) is 0 Å². The number of unbranched alkanes of at least 4 members (excludes halogenated alkanes) is 3. The van der Waals surface area contributed by atoms with E-state index in [2.05, 4.69) is 62.4 Å². The summed E-state index contributed by atoms with van der Waals surface area (Å²) in [6.45, 7) is 4.57. The van der Waals surface area contributed by atoms with Crippen LogP contribution in [0.5, 0.6) is 0 Å². The second-order valence-electron chi connectivity index (χ2n) is 8.64. The molecule has 0 nitrogen and oxygen atoms in total. The van der Waals surface area contributed by atoms with Gasteiger partial charge in [-0.25, -0.2) is 0 Å². The van der Waals surface area contributed by atoms with Gasteiger partial charge in [-0.1, -0.05) is 94.5 Å². The van der Waals surface area contributed by atoms with Crippen LogP contribution in [0.2, 0.25) is 0 Å². The average Bonchev–Trinajstić information content (AvgIpc) is 2.73. The van der Waals surface area contributed by atoms with Crippen molar-refractivity contribution in [1.82, 2.24) is 0 Å². The monoisotopic (exact) mass is 362 g/mol. The average molecular weight is 363 g/mol. The van der Waals surface area contributed by atoms with Crippen LogP contribution < -0.4 is 0 Å². The van der Waals surface area contributed by atoms with Crippen molar-refractivity contribution in [3.05, 3.63) is 59.7 Å². The molecule has 0 N–H and O–H groups in total. The van der Waals surface area contributed by atoms with Crippen LogP contribution >= 0.6 is 0 Å². The van der Waals surface area contributed by atoms with Gasteiger partial charge in [-0.3, -0.25) is 0 Å². The molecule has 27 heavy (non-hydrogen) atoms. The fourth-order valence-corrected chi connectivity index (χ4v) is 4.66. The van der Waals surface area contributed by atoms with Gasteiger partial charge in [0.25, 0.3) is 0 Å². The summed E-state index contributed by atoms with van der Waals surface area (Å²) < 4.78 is 0. The molecule has 0 aromatic heterocycles. The van der Waals surface area contributed by atoms with Crippen LogP contribution in [0.1, 0.15) is 95.1 Å². The highest BCUT2D eigenvalue weighted by Crippen LogP contribution is 2.38. The summed E-state index contributed by atoms with van der Waals surface area (Å²) in [7, 11) is 0. The Hall–Kier alpha value is -1.56. The molecule has 0 amide bonds. The maximum atomic E-state index is 2.39. The topological polar surface area (TPSA) is 0 Å². The summed E-state index contributed by atoms with van der Waals surface area (Å²) in [5.74, 6) is 1.79. The van der Waals surface area contributed by atoms with E-state index < -0.39 is 0 Å². The van der Waals surface area contributed by atoms with E-state index in [4.69, 9.17) is 0 Å². The van der Waals surface area contributed by atoms with Crippen molar-refractivity contribution in [3.8, 4) is 11.1 Å². The predicted molar refractivity (Wildman–Crippen MR) is 119 cm³/mol. The standard InChI is InChI=1S/C27H38/c1-3-5-7-9-23-12-16-25(17-13-23)27-20-18-26(19-21-27)24-14-10-22(11-15-24)8-6-4-2/h10-11,14-15,18-21,23,25H,3-9,12-13,16-17H2,1-2H3. The van der Waals surface area contributed by atoms with Crippen LogP contribution in [0.4, 0.5) is 0 Å². The molecule has 0 spiro atoms. The van der Waals surface area contributed by atoms with E-state index >= 15 is 0 Å². The number of benzene rings is 2. The van der Waals surface area contributed by atoms with Gasteiger partial charge in [0.2, 0.25) is 0 Å². The molecule has 0 aliphatic heterocycles. The molecule has 0 heterocycles. The van der Waals surface area contributed by atoms with E-state index in [-0.39, 0.29) is 0 Å². The predicted octanol–water partition coefficient (Wildman–Crippen LogP) is 8.55. The number of aryl methyl sites for hydroxylation is 1. The Labute approximate surface area is 167 Å². The van der Waals surface area contributed by atoms with Crippen molar-refractivity contribution in [2.24, 2.45) is 5.92 Å². The first-order valence-corrected chi connectivity index (χ1v) is 11.5. The molecule has 2 aromatic rings. The number of hydrogen-bond donors (Lipinski definition) is 0. The van der Waals surface area contributed by atoms with Crippen molar-refractivity contribution >= 4 is 0 Å². The minimum atomic E-state index is 0.790. The highest BCUT2D eigenvalue weighted by atomic mass is 14.3. The van der Waals surface area contributed by atoms with Gasteiger partial charge in [-0.05, 0) is 72.6 Å². The van der Waals surface area contributed by atoms with E-state index in [1.165, 1.54) is 87.3 Å².